The fourth-order valence-electron chi connectivity index (χ4n) is 3.54. The Balaban J connectivity index is 1.95. The monoisotopic (exact) mass is 396 g/mol. The van der Waals surface area contributed by atoms with Crippen molar-refractivity contribution in [2.45, 2.75) is 59.5 Å². The van der Waals surface area contributed by atoms with Gasteiger partial charge in [0.05, 0.1) is 12.1 Å². The summed E-state index contributed by atoms with van der Waals surface area (Å²) in [6.45, 7) is 7.59. The number of amides is 1. The molecule has 154 valence electrons. The van der Waals surface area contributed by atoms with E-state index < -0.39 is 5.82 Å². The minimum absolute atomic E-state index is 0.123. The lowest BCUT2D eigenvalue weighted by molar-refractivity contribution is 0.0729. The van der Waals surface area contributed by atoms with Crippen LogP contribution in [0.1, 0.15) is 61.3 Å². The first-order chi connectivity index (χ1) is 14.1. The van der Waals surface area contributed by atoms with E-state index in [4.69, 9.17) is 4.98 Å². The van der Waals surface area contributed by atoms with E-state index in [9.17, 15) is 9.18 Å². The molecule has 2 aromatic heterocycles. The Morgan fingerprint density at radius 3 is 2.72 bits per heavy atom. The van der Waals surface area contributed by atoms with Crippen LogP contribution < -0.4 is 0 Å². The molecule has 0 saturated heterocycles. The zero-order valence-electron chi connectivity index (χ0n) is 17.5. The summed E-state index contributed by atoms with van der Waals surface area (Å²) in [4.78, 5) is 24.2. The average Bonchev–Trinajstić information content (AvgIpc) is 3.06. The highest BCUT2D eigenvalue weighted by Crippen LogP contribution is 2.20. The smallest absolute Gasteiger partial charge is 0.257 e. The Hall–Kier alpha value is -2.76. The minimum Gasteiger partial charge on any atom is -0.331 e. The highest BCUT2D eigenvalue weighted by Gasteiger charge is 2.23. The topological polar surface area (TPSA) is 51.0 Å². The fraction of sp³-hybridized carbons (Fsp3) is 0.435. The molecule has 0 aliphatic heterocycles. The van der Waals surface area contributed by atoms with Crippen LogP contribution in [-0.2, 0) is 13.1 Å². The van der Waals surface area contributed by atoms with Gasteiger partial charge in [0.2, 0.25) is 0 Å². The van der Waals surface area contributed by atoms with Gasteiger partial charge >= 0.3 is 0 Å². The number of unbranched alkanes of at least 4 members (excludes halogenated alkanes) is 2. The van der Waals surface area contributed by atoms with Crippen LogP contribution >= 0.6 is 0 Å². The molecule has 0 saturated carbocycles. The standard InChI is InChI=1S/C23H29FN4O/c1-4-6-7-15-27(23(29)18-11-8-10-17(3)21(18)24)16-20-26-19-12-9-13-25-22(19)28(20)14-5-2/h8-13H,4-7,14-16H2,1-3H3. The van der Waals surface area contributed by atoms with E-state index >= 15 is 0 Å². The van der Waals surface area contributed by atoms with Crippen LogP contribution in [0.2, 0.25) is 0 Å². The summed E-state index contributed by atoms with van der Waals surface area (Å²) in [6.07, 6.45) is 5.64. The molecule has 0 N–H and O–H groups in total. The predicted octanol–water partition coefficient (Wildman–Crippen LogP) is 5.12. The predicted molar refractivity (Wildman–Crippen MR) is 113 cm³/mol. The number of rotatable bonds is 9. The molecule has 0 aliphatic carbocycles. The zero-order valence-corrected chi connectivity index (χ0v) is 17.5. The molecule has 0 bridgehead atoms. The van der Waals surface area contributed by atoms with Crippen LogP contribution in [0.25, 0.3) is 11.2 Å². The van der Waals surface area contributed by atoms with Crippen LogP contribution in [-0.4, -0.2) is 31.9 Å². The number of nitrogens with zero attached hydrogens (tertiary/aromatic N) is 4. The number of carbonyl (C=O) groups excluding carboxylic acids is 1. The number of halogens is 1. The van der Waals surface area contributed by atoms with E-state index in [-0.39, 0.29) is 11.5 Å². The third-order valence-electron chi connectivity index (χ3n) is 5.10. The first-order valence-electron chi connectivity index (χ1n) is 10.4. The lowest BCUT2D eigenvalue weighted by atomic mass is 10.1. The molecule has 1 amide bonds. The highest BCUT2D eigenvalue weighted by atomic mass is 19.1. The van der Waals surface area contributed by atoms with Crippen molar-refractivity contribution in [2.75, 3.05) is 6.54 Å². The van der Waals surface area contributed by atoms with Gasteiger partial charge in [0.15, 0.2) is 5.65 Å². The van der Waals surface area contributed by atoms with Crippen molar-refractivity contribution in [3.8, 4) is 0 Å². The average molecular weight is 397 g/mol. The van der Waals surface area contributed by atoms with Crippen LogP contribution in [0.3, 0.4) is 0 Å². The second kappa shape index (κ2) is 9.63. The molecule has 2 heterocycles. The number of pyridine rings is 1. The molecule has 0 aliphatic rings. The van der Waals surface area contributed by atoms with E-state index in [1.165, 1.54) is 0 Å². The fourth-order valence-corrected chi connectivity index (χ4v) is 3.54. The number of fused-ring (bicyclic) bond motifs is 1. The SMILES string of the molecule is CCCCCN(Cc1nc2cccnc2n1CCC)C(=O)c1cccc(C)c1F. The van der Waals surface area contributed by atoms with Crippen molar-refractivity contribution in [1.29, 1.82) is 0 Å². The first kappa shape index (κ1) is 21.0. The molecule has 3 rings (SSSR count). The number of imidazole rings is 1. The molecular formula is C23H29FN4O. The summed E-state index contributed by atoms with van der Waals surface area (Å²) < 4.78 is 16.7. The van der Waals surface area contributed by atoms with E-state index in [1.807, 2.05) is 12.1 Å². The molecule has 5 nitrogen and oxygen atoms in total. The van der Waals surface area contributed by atoms with Crippen LogP contribution in [0, 0.1) is 12.7 Å². The lowest BCUT2D eigenvalue weighted by Crippen LogP contribution is -2.33. The van der Waals surface area contributed by atoms with E-state index in [2.05, 4.69) is 23.4 Å². The van der Waals surface area contributed by atoms with Crippen molar-refractivity contribution < 1.29 is 9.18 Å². The second-order valence-corrected chi connectivity index (χ2v) is 7.40. The molecule has 0 spiro atoms. The summed E-state index contributed by atoms with van der Waals surface area (Å²) in [5, 5.41) is 0. The van der Waals surface area contributed by atoms with E-state index in [1.54, 1.807) is 36.2 Å². The molecule has 3 aromatic rings. The number of aromatic nitrogens is 3. The molecule has 0 radical (unpaired) electrons. The third kappa shape index (κ3) is 4.63. The Kier molecular flexibility index (Phi) is 6.96. The molecular weight excluding hydrogens is 367 g/mol. The summed E-state index contributed by atoms with van der Waals surface area (Å²) in [7, 11) is 0. The maximum absolute atomic E-state index is 14.6. The van der Waals surface area contributed by atoms with Gasteiger partial charge in [-0.25, -0.2) is 14.4 Å². The van der Waals surface area contributed by atoms with Gasteiger partial charge in [-0.05, 0) is 43.5 Å². The quantitative estimate of drug-likeness (QED) is 0.472. The van der Waals surface area contributed by atoms with Gasteiger partial charge in [0, 0.05) is 19.3 Å². The van der Waals surface area contributed by atoms with Gasteiger partial charge in [-0.15, -0.1) is 0 Å². The Bertz CT molecular complexity index is 982. The van der Waals surface area contributed by atoms with Crippen molar-refractivity contribution in [1.82, 2.24) is 19.4 Å². The first-order valence-corrected chi connectivity index (χ1v) is 10.4. The van der Waals surface area contributed by atoms with Crippen molar-refractivity contribution in [3.63, 3.8) is 0 Å². The number of hydrogen-bond donors (Lipinski definition) is 0. The van der Waals surface area contributed by atoms with Gasteiger partial charge in [-0.1, -0.05) is 38.8 Å². The van der Waals surface area contributed by atoms with Crippen molar-refractivity contribution >= 4 is 17.1 Å². The normalized spacial score (nSPS) is 11.2. The minimum atomic E-state index is -0.443. The lowest BCUT2D eigenvalue weighted by Gasteiger charge is -2.23. The highest BCUT2D eigenvalue weighted by molar-refractivity contribution is 5.94. The van der Waals surface area contributed by atoms with Gasteiger partial charge in [0.25, 0.3) is 5.91 Å². The largest absolute Gasteiger partial charge is 0.331 e. The number of benzene rings is 1. The summed E-state index contributed by atoms with van der Waals surface area (Å²) >= 11 is 0. The molecule has 0 unspecified atom stereocenters. The van der Waals surface area contributed by atoms with Gasteiger partial charge < -0.3 is 9.47 Å². The molecule has 0 fully saturated rings. The molecule has 29 heavy (non-hydrogen) atoms. The third-order valence-corrected chi connectivity index (χ3v) is 5.10. The van der Waals surface area contributed by atoms with Crippen LogP contribution in [0.5, 0.6) is 0 Å². The van der Waals surface area contributed by atoms with E-state index in [0.29, 0.717) is 18.7 Å². The molecule has 1 aromatic carbocycles. The Morgan fingerprint density at radius 1 is 1.14 bits per heavy atom. The number of hydrogen-bond acceptors (Lipinski definition) is 3. The van der Waals surface area contributed by atoms with Crippen molar-refractivity contribution in [2.24, 2.45) is 0 Å². The van der Waals surface area contributed by atoms with E-state index in [0.717, 1.165) is 49.2 Å². The zero-order chi connectivity index (χ0) is 20.8. The maximum Gasteiger partial charge on any atom is 0.257 e. The van der Waals surface area contributed by atoms with Gasteiger partial charge in [-0.3, -0.25) is 4.79 Å². The molecule has 6 heteroatoms. The number of carbonyl (C=O) groups is 1. The summed E-state index contributed by atoms with van der Waals surface area (Å²) in [5.74, 6) is 0.0607. The van der Waals surface area contributed by atoms with Gasteiger partial charge in [0.1, 0.15) is 17.2 Å². The van der Waals surface area contributed by atoms with Gasteiger partial charge in [-0.2, -0.15) is 0 Å². The summed E-state index contributed by atoms with van der Waals surface area (Å²) in [6, 6.07) is 8.77. The number of aryl methyl sites for hydroxylation is 2. The van der Waals surface area contributed by atoms with Crippen LogP contribution in [0.15, 0.2) is 36.5 Å². The van der Waals surface area contributed by atoms with Crippen molar-refractivity contribution in [3.05, 3.63) is 59.3 Å². The second-order valence-electron chi connectivity index (χ2n) is 7.40. The Labute approximate surface area is 171 Å². The van der Waals surface area contributed by atoms with Crippen LogP contribution in [0.4, 0.5) is 4.39 Å². The Morgan fingerprint density at radius 2 is 1.97 bits per heavy atom. The maximum atomic E-state index is 14.6. The summed E-state index contributed by atoms with van der Waals surface area (Å²) in [5.41, 5.74) is 2.25. The molecule has 0 atom stereocenters.